The summed E-state index contributed by atoms with van der Waals surface area (Å²) in [5.74, 6) is -0.120. The standard InChI is InChI=1S/C20H20Cl2O2/c1-3-5-7-13-9-15(19(23)17(21)11-13)16-10-14(8-6-4-2)12-18(22)20(16)24/h3-6,9-12,23-24H,7-8H2,1-2H3/b5-3+,6-4+. The lowest BCUT2D eigenvalue weighted by Gasteiger charge is -2.13. The number of allylic oxidation sites excluding steroid dienone is 4. The first kappa shape index (κ1) is 18.4. The van der Waals surface area contributed by atoms with Gasteiger partial charge in [-0.1, -0.05) is 47.5 Å². The third-order valence-electron chi connectivity index (χ3n) is 3.72. The van der Waals surface area contributed by atoms with Crippen LogP contribution in [0.25, 0.3) is 11.1 Å². The summed E-state index contributed by atoms with van der Waals surface area (Å²) in [7, 11) is 0. The van der Waals surface area contributed by atoms with E-state index in [1.54, 1.807) is 12.1 Å². The lowest BCUT2D eigenvalue weighted by Crippen LogP contribution is -1.90. The van der Waals surface area contributed by atoms with Crippen LogP contribution >= 0.6 is 23.2 Å². The van der Waals surface area contributed by atoms with Crippen molar-refractivity contribution in [2.75, 3.05) is 0 Å². The summed E-state index contributed by atoms with van der Waals surface area (Å²) in [6.45, 7) is 3.89. The number of rotatable bonds is 5. The molecular formula is C20H20Cl2O2. The van der Waals surface area contributed by atoms with Gasteiger partial charge in [-0.2, -0.15) is 0 Å². The van der Waals surface area contributed by atoms with Crippen molar-refractivity contribution in [1.82, 2.24) is 0 Å². The van der Waals surface area contributed by atoms with Crippen molar-refractivity contribution in [2.24, 2.45) is 0 Å². The van der Waals surface area contributed by atoms with Crippen LogP contribution in [0.1, 0.15) is 25.0 Å². The van der Waals surface area contributed by atoms with Gasteiger partial charge in [0, 0.05) is 11.1 Å². The molecule has 4 heteroatoms. The predicted molar refractivity (Wildman–Crippen MR) is 102 cm³/mol. The minimum absolute atomic E-state index is 0.0598. The highest BCUT2D eigenvalue weighted by molar-refractivity contribution is 6.33. The number of phenols is 2. The third kappa shape index (κ3) is 4.14. The van der Waals surface area contributed by atoms with Crippen molar-refractivity contribution in [3.05, 3.63) is 69.7 Å². The molecule has 0 saturated heterocycles. The Hall–Kier alpha value is -1.90. The Morgan fingerprint density at radius 3 is 1.46 bits per heavy atom. The average Bonchev–Trinajstić information content (AvgIpc) is 2.56. The van der Waals surface area contributed by atoms with Crippen LogP contribution in [0, 0.1) is 0 Å². The molecule has 0 radical (unpaired) electrons. The van der Waals surface area contributed by atoms with Crippen LogP contribution in [-0.4, -0.2) is 10.2 Å². The second kappa shape index (κ2) is 8.27. The third-order valence-corrected chi connectivity index (χ3v) is 4.29. The van der Waals surface area contributed by atoms with Crippen molar-refractivity contribution in [3.63, 3.8) is 0 Å². The number of hydrogen-bond donors (Lipinski definition) is 2. The van der Waals surface area contributed by atoms with Crippen LogP contribution in [0.2, 0.25) is 10.0 Å². The van der Waals surface area contributed by atoms with Gasteiger partial charge in [-0.15, -0.1) is 0 Å². The van der Waals surface area contributed by atoms with Gasteiger partial charge in [-0.05, 0) is 62.1 Å². The fourth-order valence-electron chi connectivity index (χ4n) is 2.46. The summed E-state index contributed by atoms with van der Waals surface area (Å²) < 4.78 is 0. The van der Waals surface area contributed by atoms with Gasteiger partial charge in [-0.25, -0.2) is 0 Å². The molecule has 0 aromatic heterocycles. The van der Waals surface area contributed by atoms with E-state index in [2.05, 4.69) is 0 Å². The predicted octanol–water partition coefficient (Wildman–Crippen LogP) is 6.31. The molecule has 0 saturated carbocycles. The summed E-state index contributed by atoms with van der Waals surface area (Å²) in [6.07, 6.45) is 9.29. The molecule has 0 amide bonds. The van der Waals surface area contributed by atoms with Gasteiger partial charge < -0.3 is 10.2 Å². The van der Waals surface area contributed by atoms with E-state index >= 15 is 0 Å². The molecule has 2 aromatic rings. The van der Waals surface area contributed by atoms with E-state index < -0.39 is 0 Å². The molecule has 0 spiro atoms. The lowest BCUT2D eigenvalue weighted by atomic mass is 9.97. The largest absolute Gasteiger partial charge is 0.506 e. The van der Waals surface area contributed by atoms with E-state index in [4.69, 9.17) is 23.2 Å². The molecule has 2 nitrogen and oxygen atoms in total. The molecule has 0 aliphatic heterocycles. The Morgan fingerprint density at radius 2 is 1.12 bits per heavy atom. The first-order chi connectivity index (χ1) is 11.5. The molecule has 0 bridgehead atoms. The summed E-state index contributed by atoms with van der Waals surface area (Å²) >= 11 is 12.3. The van der Waals surface area contributed by atoms with Crippen LogP contribution in [0.15, 0.2) is 48.6 Å². The Morgan fingerprint density at radius 1 is 0.750 bits per heavy atom. The van der Waals surface area contributed by atoms with E-state index in [0.29, 0.717) is 24.0 Å². The van der Waals surface area contributed by atoms with Crippen molar-refractivity contribution in [2.45, 2.75) is 26.7 Å². The van der Waals surface area contributed by atoms with Gasteiger partial charge in [0.25, 0.3) is 0 Å². The minimum atomic E-state index is -0.0598. The van der Waals surface area contributed by atoms with Crippen LogP contribution < -0.4 is 0 Å². The molecule has 0 heterocycles. The zero-order valence-electron chi connectivity index (χ0n) is 13.7. The summed E-state index contributed by atoms with van der Waals surface area (Å²) in [6, 6.07) is 7.10. The van der Waals surface area contributed by atoms with Crippen LogP contribution in [-0.2, 0) is 12.8 Å². The van der Waals surface area contributed by atoms with Gasteiger partial charge in [0.15, 0.2) is 0 Å². The summed E-state index contributed by atoms with van der Waals surface area (Å²) in [5, 5.41) is 21.2. The van der Waals surface area contributed by atoms with Crippen molar-refractivity contribution in [1.29, 1.82) is 0 Å². The zero-order valence-corrected chi connectivity index (χ0v) is 15.2. The summed E-state index contributed by atoms with van der Waals surface area (Å²) in [5.41, 5.74) is 2.84. The highest BCUT2D eigenvalue weighted by atomic mass is 35.5. The van der Waals surface area contributed by atoms with Gasteiger partial charge >= 0.3 is 0 Å². The van der Waals surface area contributed by atoms with Crippen LogP contribution in [0.5, 0.6) is 11.5 Å². The normalized spacial score (nSPS) is 11.7. The van der Waals surface area contributed by atoms with E-state index in [-0.39, 0.29) is 21.5 Å². The summed E-state index contributed by atoms with van der Waals surface area (Å²) in [4.78, 5) is 0. The van der Waals surface area contributed by atoms with E-state index in [1.165, 1.54) is 0 Å². The molecule has 0 unspecified atom stereocenters. The fraction of sp³-hybridized carbons (Fsp3) is 0.200. The minimum Gasteiger partial charge on any atom is -0.506 e. The first-order valence-electron chi connectivity index (χ1n) is 7.73. The van der Waals surface area contributed by atoms with Gasteiger partial charge in [0.1, 0.15) is 11.5 Å². The number of halogens is 2. The molecule has 2 N–H and O–H groups in total. The molecule has 0 fully saturated rings. The monoisotopic (exact) mass is 362 g/mol. The van der Waals surface area contributed by atoms with Crippen molar-refractivity contribution in [3.8, 4) is 22.6 Å². The maximum Gasteiger partial charge on any atom is 0.142 e. The van der Waals surface area contributed by atoms with Crippen LogP contribution in [0.3, 0.4) is 0 Å². The van der Waals surface area contributed by atoms with Crippen LogP contribution in [0.4, 0.5) is 0 Å². The van der Waals surface area contributed by atoms with Gasteiger partial charge in [0.05, 0.1) is 10.0 Å². The zero-order chi connectivity index (χ0) is 17.7. The van der Waals surface area contributed by atoms with E-state index in [9.17, 15) is 10.2 Å². The van der Waals surface area contributed by atoms with Crippen molar-refractivity contribution < 1.29 is 10.2 Å². The first-order valence-corrected chi connectivity index (χ1v) is 8.49. The molecule has 0 atom stereocenters. The Kier molecular flexibility index (Phi) is 6.36. The topological polar surface area (TPSA) is 40.5 Å². The smallest absolute Gasteiger partial charge is 0.142 e. The Balaban J connectivity index is 2.61. The Bertz CT molecular complexity index is 725. The molecule has 24 heavy (non-hydrogen) atoms. The quantitative estimate of drug-likeness (QED) is 0.611. The average molecular weight is 363 g/mol. The molecule has 0 aliphatic rings. The second-order valence-corrected chi connectivity index (χ2v) is 6.31. The molecule has 126 valence electrons. The molecule has 2 aromatic carbocycles. The van der Waals surface area contributed by atoms with Gasteiger partial charge in [0.2, 0.25) is 0 Å². The molecular weight excluding hydrogens is 343 g/mol. The number of benzene rings is 2. The second-order valence-electron chi connectivity index (χ2n) is 5.49. The van der Waals surface area contributed by atoms with Gasteiger partial charge in [-0.3, -0.25) is 0 Å². The molecule has 0 aliphatic carbocycles. The Labute approximate surface area is 152 Å². The lowest BCUT2D eigenvalue weighted by molar-refractivity contribution is 0.469. The van der Waals surface area contributed by atoms with Crippen molar-refractivity contribution >= 4 is 23.2 Å². The maximum absolute atomic E-state index is 10.4. The SMILES string of the molecule is C/C=C/Cc1cc(Cl)c(O)c(-c2cc(C/C=C/C)cc(Cl)c2O)c1. The highest BCUT2D eigenvalue weighted by Crippen LogP contribution is 2.43. The highest BCUT2D eigenvalue weighted by Gasteiger charge is 2.16. The number of phenolic OH excluding ortho intramolecular Hbond substituents is 2. The molecule has 2 rings (SSSR count). The number of aromatic hydroxyl groups is 2. The fourth-order valence-corrected chi connectivity index (χ4v) is 2.95. The number of hydrogen-bond acceptors (Lipinski definition) is 2. The van der Waals surface area contributed by atoms with E-state index in [0.717, 1.165) is 11.1 Å². The van der Waals surface area contributed by atoms with E-state index in [1.807, 2.05) is 50.3 Å². The maximum atomic E-state index is 10.4.